The number of imidazole rings is 1. The number of aromatic nitrogens is 2. The maximum absolute atomic E-state index is 6.06. The number of para-hydroxylation sites is 2. The third-order valence-electron chi connectivity index (χ3n) is 5.41. The van der Waals surface area contributed by atoms with Gasteiger partial charge in [-0.1, -0.05) is 69.8 Å². The van der Waals surface area contributed by atoms with Gasteiger partial charge in [0.05, 0.1) is 23.2 Å². The summed E-state index contributed by atoms with van der Waals surface area (Å²) in [5.74, 6) is 2.13. The summed E-state index contributed by atoms with van der Waals surface area (Å²) in [6.45, 7) is 10.4. The van der Waals surface area contributed by atoms with Crippen LogP contribution in [-0.2, 0) is 13.5 Å². The lowest BCUT2D eigenvalue weighted by Gasteiger charge is -2.11. The number of aliphatic imine (C=N–C) groups is 1. The Labute approximate surface area is 177 Å². The van der Waals surface area contributed by atoms with Crippen molar-refractivity contribution in [3.05, 3.63) is 78.0 Å². The molecule has 0 saturated heterocycles. The molecule has 2 aromatic carbocycles. The van der Waals surface area contributed by atoms with Crippen LogP contribution in [0.5, 0.6) is 0 Å². The molecule has 0 radical (unpaired) electrons. The van der Waals surface area contributed by atoms with Gasteiger partial charge in [-0.2, -0.15) is 0 Å². The van der Waals surface area contributed by atoms with E-state index in [1.807, 2.05) is 54.4 Å². The Hall–Kier alpha value is -3.40. The van der Waals surface area contributed by atoms with Gasteiger partial charge in [-0.25, -0.2) is 4.98 Å². The molecular formula is C26H27N3O. The molecule has 0 aliphatic heterocycles. The molecule has 4 rings (SSSR count). The molecule has 2 heterocycles. The fourth-order valence-corrected chi connectivity index (χ4v) is 3.83. The van der Waals surface area contributed by atoms with E-state index >= 15 is 0 Å². The van der Waals surface area contributed by atoms with Gasteiger partial charge in [-0.3, -0.25) is 4.99 Å². The zero-order valence-electron chi connectivity index (χ0n) is 18.0. The molecule has 0 bridgehead atoms. The lowest BCUT2D eigenvalue weighted by Crippen LogP contribution is -1.96. The van der Waals surface area contributed by atoms with E-state index in [2.05, 4.69) is 45.5 Å². The van der Waals surface area contributed by atoms with Crippen molar-refractivity contribution in [3.63, 3.8) is 0 Å². The lowest BCUT2D eigenvalue weighted by molar-refractivity contribution is 0.558. The van der Waals surface area contributed by atoms with Crippen LogP contribution in [0.25, 0.3) is 28.3 Å². The van der Waals surface area contributed by atoms with Crippen LogP contribution in [0.2, 0.25) is 0 Å². The molecule has 4 aromatic rings. The fraction of sp³-hybridized carbons (Fsp3) is 0.231. The van der Waals surface area contributed by atoms with E-state index in [1.54, 1.807) is 0 Å². The van der Waals surface area contributed by atoms with E-state index in [9.17, 15) is 0 Å². The van der Waals surface area contributed by atoms with Gasteiger partial charge in [-0.15, -0.1) is 0 Å². The molecule has 0 fully saturated rings. The minimum Gasteiger partial charge on any atom is -0.460 e. The molecule has 0 aliphatic carbocycles. The number of aryl methyl sites for hydroxylation is 2. The van der Waals surface area contributed by atoms with Crippen molar-refractivity contribution in [3.8, 4) is 11.3 Å². The average molecular weight is 398 g/mol. The summed E-state index contributed by atoms with van der Waals surface area (Å²) >= 11 is 0. The first kappa shape index (κ1) is 19.9. The summed E-state index contributed by atoms with van der Waals surface area (Å²) in [6, 6.07) is 14.3. The highest BCUT2D eigenvalue weighted by atomic mass is 16.3. The average Bonchev–Trinajstić information content (AvgIpc) is 3.31. The van der Waals surface area contributed by atoms with Gasteiger partial charge in [0.25, 0.3) is 0 Å². The van der Waals surface area contributed by atoms with Crippen molar-refractivity contribution >= 4 is 28.9 Å². The van der Waals surface area contributed by atoms with Gasteiger partial charge in [0.1, 0.15) is 11.3 Å². The van der Waals surface area contributed by atoms with Crippen LogP contribution in [0.3, 0.4) is 0 Å². The number of benzene rings is 2. The van der Waals surface area contributed by atoms with Crippen LogP contribution in [0.1, 0.15) is 49.4 Å². The van der Waals surface area contributed by atoms with Crippen LogP contribution in [0, 0.1) is 0 Å². The largest absolute Gasteiger partial charge is 0.460 e. The number of fused-ring (bicyclic) bond motifs is 1. The molecule has 0 atom stereocenters. The van der Waals surface area contributed by atoms with Gasteiger partial charge in [0, 0.05) is 25.1 Å². The second-order valence-electron chi connectivity index (χ2n) is 7.75. The number of rotatable bonds is 6. The summed E-state index contributed by atoms with van der Waals surface area (Å²) in [5, 5.41) is 1.09. The van der Waals surface area contributed by atoms with E-state index in [0.717, 1.165) is 51.5 Å². The minimum absolute atomic E-state index is 0.374. The fourth-order valence-electron chi connectivity index (χ4n) is 3.83. The predicted octanol–water partition coefficient (Wildman–Crippen LogP) is 6.91. The van der Waals surface area contributed by atoms with Crippen LogP contribution < -0.4 is 0 Å². The van der Waals surface area contributed by atoms with Crippen LogP contribution >= 0.6 is 0 Å². The van der Waals surface area contributed by atoms with Crippen LogP contribution in [0.4, 0.5) is 5.69 Å². The summed E-state index contributed by atoms with van der Waals surface area (Å²) in [6.07, 6.45) is 6.55. The molecular weight excluding hydrogens is 370 g/mol. The highest BCUT2D eigenvalue weighted by Crippen LogP contribution is 2.35. The Bertz CT molecular complexity index is 1240. The number of hydrogen-bond donors (Lipinski definition) is 0. The molecule has 0 aliphatic rings. The Kier molecular flexibility index (Phi) is 5.40. The third-order valence-corrected chi connectivity index (χ3v) is 5.41. The van der Waals surface area contributed by atoms with E-state index in [-0.39, 0.29) is 0 Å². The standard InChI is InChI=1S/C26H27N3O/c1-6-18-11-10-13-19(17(3)4)26(18)27-15-24-28-21(16-29(24)5)25-20-12-8-9-14-23(20)30-22(25)7-2/h6,8-17H,1,7H2,2-5H3. The maximum Gasteiger partial charge on any atom is 0.151 e. The Balaban J connectivity index is 1.78. The van der Waals surface area contributed by atoms with Gasteiger partial charge in [0.15, 0.2) is 5.82 Å². The quantitative estimate of drug-likeness (QED) is 0.332. The second kappa shape index (κ2) is 8.15. The van der Waals surface area contributed by atoms with Crippen LogP contribution in [0.15, 0.2) is 64.6 Å². The van der Waals surface area contributed by atoms with Crippen molar-refractivity contribution < 1.29 is 4.42 Å². The van der Waals surface area contributed by atoms with Crippen molar-refractivity contribution in [1.82, 2.24) is 9.55 Å². The Morgan fingerprint density at radius 1 is 1.17 bits per heavy atom. The van der Waals surface area contributed by atoms with Gasteiger partial charge in [0.2, 0.25) is 0 Å². The molecule has 0 unspecified atom stereocenters. The number of hydrogen-bond acceptors (Lipinski definition) is 3. The molecule has 152 valence electrons. The minimum atomic E-state index is 0.374. The summed E-state index contributed by atoms with van der Waals surface area (Å²) in [7, 11) is 1.99. The molecule has 4 nitrogen and oxygen atoms in total. The summed E-state index contributed by atoms with van der Waals surface area (Å²) < 4.78 is 8.07. The van der Waals surface area contributed by atoms with Crippen molar-refractivity contribution in [2.45, 2.75) is 33.1 Å². The first-order chi connectivity index (χ1) is 14.5. The van der Waals surface area contributed by atoms with Crippen molar-refractivity contribution in [1.29, 1.82) is 0 Å². The van der Waals surface area contributed by atoms with E-state index in [4.69, 9.17) is 14.4 Å². The monoisotopic (exact) mass is 397 g/mol. The van der Waals surface area contributed by atoms with Crippen LogP contribution in [-0.4, -0.2) is 15.8 Å². The zero-order chi connectivity index (χ0) is 21.3. The SMILES string of the molecule is C=Cc1cccc(C(C)C)c1N=Cc1nc(-c2c(CC)oc3ccccc23)cn1C. The van der Waals surface area contributed by atoms with Gasteiger partial charge >= 0.3 is 0 Å². The molecule has 0 spiro atoms. The first-order valence-electron chi connectivity index (χ1n) is 10.4. The highest BCUT2D eigenvalue weighted by Gasteiger charge is 2.18. The van der Waals surface area contributed by atoms with E-state index in [0.29, 0.717) is 5.92 Å². The Morgan fingerprint density at radius 3 is 2.70 bits per heavy atom. The molecule has 0 saturated carbocycles. The summed E-state index contributed by atoms with van der Waals surface area (Å²) in [4.78, 5) is 9.71. The topological polar surface area (TPSA) is 43.3 Å². The zero-order valence-corrected chi connectivity index (χ0v) is 18.0. The first-order valence-corrected chi connectivity index (χ1v) is 10.4. The van der Waals surface area contributed by atoms with E-state index in [1.165, 1.54) is 5.56 Å². The third kappa shape index (κ3) is 3.50. The lowest BCUT2D eigenvalue weighted by atomic mass is 9.98. The summed E-state index contributed by atoms with van der Waals surface area (Å²) in [5.41, 5.74) is 6.05. The molecule has 2 aromatic heterocycles. The van der Waals surface area contributed by atoms with Crippen molar-refractivity contribution in [2.75, 3.05) is 0 Å². The van der Waals surface area contributed by atoms with E-state index < -0.39 is 0 Å². The predicted molar refractivity (Wildman–Crippen MR) is 126 cm³/mol. The number of furan rings is 1. The molecule has 4 heteroatoms. The normalized spacial score (nSPS) is 11.8. The smallest absolute Gasteiger partial charge is 0.151 e. The number of nitrogens with zero attached hydrogens (tertiary/aromatic N) is 3. The molecule has 0 amide bonds. The Morgan fingerprint density at radius 2 is 1.97 bits per heavy atom. The van der Waals surface area contributed by atoms with Crippen molar-refractivity contribution in [2.24, 2.45) is 12.0 Å². The second-order valence-corrected chi connectivity index (χ2v) is 7.75. The van der Waals surface area contributed by atoms with Gasteiger partial charge in [-0.05, 0) is 23.1 Å². The molecule has 0 N–H and O–H groups in total. The highest BCUT2D eigenvalue weighted by molar-refractivity contribution is 5.95. The maximum atomic E-state index is 6.06. The van der Waals surface area contributed by atoms with Gasteiger partial charge < -0.3 is 8.98 Å². The molecule has 30 heavy (non-hydrogen) atoms.